The first kappa shape index (κ1) is 19.9. The second-order valence-corrected chi connectivity index (χ2v) is 7.51. The number of nitrogens with one attached hydrogen (secondary N) is 1. The molecule has 0 aliphatic carbocycles. The number of hydrogen-bond acceptors (Lipinski definition) is 5. The number of thioether (sulfide) groups is 1. The Hall–Kier alpha value is -2.80. The average molecular weight is 397 g/mol. The number of ether oxygens (including phenoxy) is 1. The van der Waals surface area contributed by atoms with Crippen LogP contribution in [0.5, 0.6) is 5.75 Å². The fourth-order valence-corrected chi connectivity index (χ4v) is 3.79. The number of benzene rings is 2. The summed E-state index contributed by atoms with van der Waals surface area (Å²) in [6.07, 6.45) is 0. The third-order valence-electron chi connectivity index (χ3n) is 4.36. The fourth-order valence-electron chi connectivity index (χ4n) is 2.85. The molecule has 0 radical (unpaired) electrons. The van der Waals surface area contributed by atoms with Gasteiger partial charge in [0.15, 0.2) is 11.0 Å². The van der Waals surface area contributed by atoms with Crippen molar-refractivity contribution in [3.05, 3.63) is 60.2 Å². The highest BCUT2D eigenvalue weighted by Crippen LogP contribution is 2.27. The van der Waals surface area contributed by atoms with E-state index < -0.39 is 0 Å². The molecule has 3 aromatic rings. The number of methoxy groups -OCH3 is 1. The molecule has 1 heterocycles. The maximum absolute atomic E-state index is 12.6. The first-order valence-corrected chi connectivity index (χ1v) is 10.1. The quantitative estimate of drug-likeness (QED) is 0.587. The van der Waals surface area contributed by atoms with E-state index in [1.807, 2.05) is 73.0 Å². The van der Waals surface area contributed by atoms with Gasteiger partial charge < -0.3 is 14.6 Å². The van der Waals surface area contributed by atoms with Crippen molar-refractivity contribution in [3.8, 4) is 17.1 Å². The van der Waals surface area contributed by atoms with Gasteiger partial charge in [-0.3, -0.25) is 4.79 Å². The molecule has 146 valence electrons. The van der Waals surface area contributed by atoms with Crippen LogP contribution in [0, 0.1) is 0 Å². The standard InChI is InChI=1S/C21H24N4O2S/c1-4-25-19(16-10-6-5-7-11-16)23-24-21(25)28-15(2)20(26)22-14-17-12-8-9-13-18(17)27-3/h5-13,15H,4,14H2,1-3H3,(H,22,26)/t15-/m1/s1. The third kappa shape index (κ3) is 4.54. The first-order chi connectivity index (χ1) is 13.6. The predicted molar refractivity (Wildman–Crippen MR) is 111 cm³/mol. The van der Waals surface area contributed by atoms with Crippen molar-refractivity contribution >= 4 is 17.7 Å². The maximum Gasteiger partial charge on any atom is 0.233 e. The van der Waals surface area contributed by atoms with Crippen LogP contribution in [0.15, 0.2) is 59.8 Å². The largest absolute Gasteiger partial charge is 0.496 e. The Bertz CT molecular complexity index is 927. The van der Waals surface area contributed by atoms with Crippen LogP contribution in [0.2, 0.25) is 0 Å². The summed E-state index contributed by atoms with van der Waals surface area (Å²) in [6.45, 7) is 5.07. The monoisotopic (exact) mass is 396 g/mol. The van der Waals surface area contributed by atoms with E-state index in [0.29, 0.717) is 6.54 Å². The van der Waals surface area contributed by atoms with Gasteiger partial charge in [0.25, 0.3) is 0 Å². The number of rotatable bonds is 8. The molecule has 0 saturated carbocycles. The molecule has 1 aromatic heterocycles. The van der Waals surface area contributed by atoms with Crippen LogP contribution in [0.4, 0.5) is 0 Å². The Morgan fingerprint density at radius 2 is 1.86 bits per heavy atom. The van der Waals surface area contributed by atoms with E-state index in [2.05, 4.69) is 15.5 Å². The van der Waals surface area contributed by atoms with Crippen LogP contribution in [0.25, 0.3) is 11.4 Å². The lowest BCUT2D eigenvalue weighted by Gasteiger charge is -2.14. The number of para-hydroxylation sites is 1. The van der Waals surface area contributed by atoms with E-state index in [9.17, 15) is 4.79 Å². The van der Waals surface area contributed by atoms with E-state index in [1.54, 1.807) is 7.11 Å². The van der Waals surface area contributed by atoms with Crippen LogP contribution in [-0.2, 0) is 17.9 Å². The summed E-state index contributed by atoms with van der Waals surface area (Å²) >= 11 is 1.41. The highest BCUT2D eigenvalue weighted by molar-refractivity contribution is 8.00. The minimum atomic E-state index is -0.298. The zero-order chi connectivity index (χ0) is 19.9. The van der Waals surface area contributed by atoms with E-state index >= 15 is 0 Å². The molecule has 1 N–H and O–H groups in total. The lowest BCUT2D eigenvalue weighted by molar-refractivity contribution is -0.120. The Morgan fingerprint density at radius 1 is 1.14 bits per heavy atom. The van der Waals surface area contributed by atoms with Gasteiger partial charge in [-0.25, -0.2) is 0 Å². The topological polar surface area (TPSA) is 69.0 Å². The summed E-state index contributed by atoms with van der Waals surface area (Å²) in [5.41, 5.74) is 1.95. The summed E-state index contributed by atoms with van der Waals surface area (Å²) in [4.78, 5) is 12.6. The van der Waals surface area contributed by atoms with Crippen molar-refractivity contribution in [1.29, 1.82) is 0 Å². The van der Waals surface area contributed by atoms with Gasteiger partial charge in [-0.2, -0.15) is 0 Å². The van der Waals surface area contributed by atoms with Crippen molar-refractivity contribution in [2.75, 3.05) is 7.11 Å². The summed E-state index contributed by atoms with van der Waals surface area (Å²) in [7, 11) is 1.63. The van der Waals surface area contributed by atoms with E-state index in [0.717, 1.165) is 34.4 Å². The highest BCUT2D eigenvalue weighted by Gasteiger charge is 2.20. The van der Waals surface area contributed by atoms with Gasteiger partial charge in [-0.15, -0.1) is 10.2 Å². The highest BCUT2D eigenvalue weighted by atomic mass is 32.2. The van der Waals surface area contributed by atoms with Crippen LogP contribution in [0.1, 0.15) is 19.4 Å². The molecule has 0 spiro atoms. The molecule has 0 bridgehead atoms. The number of hydrogen-bond donors (Lipinski definition) is 1. The number of carbonyl (C=O) groups is 1. The Labute approximate surface area is 169 Å². The summed E-state index contributed by atoms with van der Waals surface area (Å²) in [5.74, 6) is 1.52. The molecule has 0 saturated heterocycles. The number of carbonyl (C=O) groups excluding carboxylic acids is 1. The summed E-state index contributed by atoms with van der Waals surface area (Å²) in [5, 5.41) is 12.0. The molecule has 0 fully saturated rings. The van der Waals surface area contributed by atoms with Gasteiger partial charge in [-0.05, 0) is 19.9 Å². The predicted octanol–water partition coefficient (Wildman–Crippen LogP) is 3.77. The minimum absolute atomic E-state index is 0.0529. The molecule has 0 unspecified atom stereocenters. The average Bonchev–Trinajstić information content (AvgIpc) is 3.15. The third-order valence-corrected chi connectivity index (χ3v) is 5.44. The molecule has 7 heteroatoms. The Morgan fingerprint density at radius 3 is 2.57 bits per heavy atom. The molecule has 6 nitrogen and oxygen atoms in total. The lowest BCUT2D eigenvalue weighted by atomic mass is 10.2. The summed E-state index contributed by atoms with van der Waals surface area (Å²) in [6, 6.07) is 17.6. The molecule has 0 aliphatic rings. The van der Waals surface area contributed by atoms with Crippen molar-refractivity contribution < 1.29 is 9.53 Å². The maximum atomic E-state index is 12.6. The molecule has 2 aromatic carbocycles. The molecule has 3 rings (SSSR count). The lowest BCUT2D eigenvalue weighted by Crippen LogP contribution is -2.30. The van der Waals surface area contributed by atoms with Crippen molar-refractivity contribution in [2.45, 2.75) is 37.3 Å². The van der Waals surface area contributed by atoms with E-state index in [1.165, 1.54) is 11.8 Å². The fraction of sp³-hybridized carbons (Fsp3) is 0.286. The van der Waals surface area contributed by atoms with Crippen LogP contribution >= 0.6 is 11.8 Å². The first-order valence-electron chi connectivity index (χ1n) is 9.19. The second-order valence-electron chi connectivity index (χ2n) is 6.21. The van der Waals surface area contributed by atoms with Crippen molar-refractivity contribution in [1.82, 2.24) is 20.1 Å². The van der Waals surface area contributed by atoms with Crippen molar-refractivity contribution in [2.24, 2.45) is 0 Å². The molecule has 0 aliphatic heterocycles. The molecule has 1 amide bonds. The van der Waals surface area contributed by atoms with Crippen molar-refractivity contribution in [3.63, 3.8) is 0 Å². The van der Waals surface area contributed by atoms with Gasteiger partial charge in [0, 0.05) is 24.2 Å². The summed E-state index contributed by atoms with van der Waals surface area (Å²) < 4.78 is 7.36. The number of aromatic nitrogens is 3. The van der Waals surface area contributed by atoms with Gasteiger partial charge >= 0.3 is 0 Å². The van der Waals surface area contributed by atoms with Gasteiger partial charge in [0.1, 0.15) is 5.75 Å². The van der Waals surface area contributed by atoms with Gasteiger partial charge in [0.05, 0.1) is 12.4 Å². The zero-order valence-electron chi connectivity index (χ0n) is 16.3. The molecule has 1 atom stereocenters. The number of nitrogens with zero attached hydrogens (tertiary/aromatic N) is 3. The van der Waals surface area contributed by atoms with E-state index in [4.69, 9.17) is 4.74 Å². The smallest absolute Gasteiger partial charge is 0.233 e. The van der Waals surface area contributed by atoms with Crippen LogP contribution in [-0.4, -0.2) is 33.0 Å². The Kier molecular flexibility index (Phi) is 6.71. The van der Waals surface area contributed by atoms with Gasteiger partial charge in [-0.1, -0.05) is 60.3 Å². The Balaban J connectivity index is 1.66. The zero-order valence-corrected chi connectivity index (χ0v) is 17.1. The van der Waals surface area contributed by atoms with Crippen LogP contribution in [0.3, 0.4) is 0 Å². The van der Waals surface area contributed by atoms with E-state index in [-0.39, 0.29) is 11.2 Å². The SMILES string of the molecule is CCn1c(S[C@H](C)C(=O)NCc2ccccc2OC)nnc1-c1ccccc1. The van der Waals surface area contributed by atoms with Crippen LogP contribution < -0.4 is 10.1 Å². The minimum Gasteiger partial charge on any atom is -0.496 e. The van der Waals surface area contributed by atoms with Gasteiger partial charge in [0.2, 0.25) is 5.91 Å². The second kappa shape index (κ2) is 9.41. The number of amides is 1. The molecular formula is C21H24N4O2S. The molecule has 28 heavy (non-hydrogen) atoms. The molecular weight excluding hydrogens is 372 g/mol. The normalized spacial score (nSPS) is 11.8.